The van der Waals surface area contributed by atoms with Crippen molar-refractivity contribution in [1.82, 2.24) is 15.3 Å². The van der Waals surface area contributed by atoms with Crippen molar-refractivity contribution in [2.24, 2.45) is 5.92 Å². The summed E-state index contributed by atoms with van der Waals surface area (Å²) in [5, 5.41) is 3.29. The van der Waals surface area contributed by atoms with Crippen LogP contribution in [0.4, 0.5) is 0 Å². The Kier molecular flexibility index (Phi) is 4.36. The predicted molar refractivity (Wildman–Crippen MR) is 89.3 cm³/mol. The highest BCUT2D eigenvalue weighted by atomic mass is 79.9. The third-order valence-corrected chi connectivity index (χ3v) is 4.88. The highest BCUT2D eigenvalue weighted by molar-refractivity contribution is 9.10. The maximum absolute atomic E-state index is 4.84. The van der Waals surface area contributed by atoms with E-state index >= 15 is 0 Å². The number of halogens is 1. The van der Waals surface area contributed by atoms with Gasteiger partial charge < -0.3 is 5.32 Å². The quantitative estimate of drug-likeness (QED) is 0.924. The Bertz CT molecular complexity index is 654. The van der Waals surface area contributed by atoms with Crippen LogP contribution in [0.25, 0.3) is 11.4 Å². The fourth-order valence-electron chi connectivity index (χ4n) is 3.09. The highest BCUT2D eigenvalue weighted by Gasteiger charge is 2.22. The molecule has 2 aromatic rings. The number of nitrogens with one attached hydrogen (secondary N) is 1. The van der Waals surface area contributed by atoms with Gasteiger partial charge in [0.2, 0.25) is 0 Å². The van der Waals surface area contributed by atoms with Gasteiger partial charge in [0.1, 0.15) is 0 Å². The van der Waals surface area contributed by atoms with E-state index in [-0.39, 0.29) is 0 Å². The van der Waals surface area contributed by atoms with Crippen LogP contribution in [-0.4, -0.2) is 23.6 Å². The zero-order valence-electron chi connectivity index (χ0n) is 12.5. The minimum Gasteiger partial charge on any atom is -0.319 e. The van der Waals surface area contributed by atoms with Gasteiger partial charge in [0.25, 0.3) is 0 Å². The minimum absolute atomic E-state index is 0.708. The van der Waals surface area contributed by atoms with Gasteiger partial charge in [-0.05, 0) is 57.3 Å². The van der Waals surface area contributed by atoms with Crippen LogP contribution >= 0.6 is 15.9 Å². The Hall–Kier alpha value is -1.26. The lowest BCUT2D eigenvalue weighted by molar-refractivity contribution is 0.433. The molecule has 110 valence electrons. The third-order valence-electron chi connectivity index (χ3n) is 4.19. The van der Waals surface area contributed by atoms with Crippen molar-refractivity contribution >= 4 is 15.9 Å². The topological polar surface area (TPSA) is 37.8 Å². The number of rotatable bonds is 3. The Morgan fingerprint density at radius 1 is 1.29 bits per heavy atom. The van der Waals surface area contributed by atoms with E-state index in [9.17, 15) is 0 Å². The molecule has 0 fully saturated rings. The largest absolute Gasteiger partial charge is 0.319 e. The maximum atomic E-state index is 4.84. The molecule has 0 saturated heterocycles. The van der Waals surface area contributed by atoms with Crippen molar-refractivity contribution in [3.63, 3.8) is 0 Å². The average molecular weight is 346 g/mol. The molecule has 1 aliphatic rings. The molecule has 1 N–H and O–H groups in total. The van der Waals surface area contributed by atoms with Crippen molar-refractivity contribution < 1.29 is 0 Å². The first-order chi connectivity index (χ1) is 10.2. The Morgan fingerprint density at radius 3 is 2.86 bits per heavy atom. The van der Waals surface area contributed by atoms with Crippen LogP contribution in [-0.2, 0) is 12.8 Å². The normalized spacial score (nSPS) is 17.6. The zero-order valence-corrected chi connectivity index (χ0v) is 14.1. The molecule has 1 aromatic carbocycles. The van der Waals surface area contributed by atoms with Crippen LogP contribution in [0, 0.1) is 12.8 Å². The molecule has 1 unspecified atom stereocenters. The molecule has 0 saturated carbocycles. The van der Waals surface area contributed by atoms with Gasteiger partial charge in [-0.2, -0.15) is 0 Å². The van der Waals surface area contributed by atoms with Crippen LogP contribution in [0.2, 0.25) is 0 Å². The summed E-state index contributed by atoms with van der Waals surface area (Å²) >= 11 is 3.60. The number of fused-ring (bicyclic) bond motifs is 1. The summed E-state index contributed by atoms with van der Waals surface area (Å²) in [4.78, 5) is 9.59. The van der Waals surface area contributed by atoms with Gasteiger partial charge in [-0.25, -0.2) is 9.97 Å². The number of aryl methyl sites for hydroxylation is 2. The summed E-state index contributed by atoms with van der Waals surface area (Å²) in [5.74, 6) is 1.55. The number of benzene rings is 1. The number of nitrogens with zero attached hydrogens (tertiary/aromatic N) is 2. The van der Waals surface area contributed by atoms with E-state index in [4.69, 9.17) is 9.97 Å². The molecule has 1 aliphatic carbocycles. The molecule has 0 spiro atoms. The molecule has 21 heavy (non-hydrogen) atoms. The van der Waals surface area contributed by atoms with Crippen LogP contribution in [0.1, 0.15) is 23.4 Å². The molecule has 0 aliphatic heterocycles. The van der Waals surface area contributed by atoms with Gasteiger partial charge in [-0.3, -0.25) is 0 Å². The second kappa shape index (κ2) is 6.24. The molecule has 1 heterocycles. The molecular formula is C17H20BrN3. The zero-order chi connectivity index (χ0) is 14.8. The Morgan fingerprint density at radius 2 is 2.10 bits per heavy atom. The average Bonchev–Trinajstić information content (AvgIpc) is 2.48. The summed E-state index contributed by atoms with van der Waals surface area (Å²) < 4.78 is 1.05. The van der Waals surface area contributed by atoms with Crippen LogP contribution in [0.15, 0.2) is 28.7 Å². The lowest BCUT2D eigenvalue weighted by Crippen LogP contribution is -2.26. The van der Waals surface area contributed by atoms with Gasteiger partial charge in [0.05, 0.1) is 0 Å². The smallest absolute Gasteiger partial charge is 0.160 e. The van der Waals surface area contributed by atoms with E-state index in [1.54, 1.807) is 0 Å². The SMILES string of the molecule is CNCC1CCc2nc(-c3ccccc3Br)nc(C)c2C1. The number of aromatic nitrogens is 2. The first-order valence-corrected chi connectivity index (χ1v) is 8.24. The van der Waals surface area contributed by atoms with E-state index in [0.29, 0.717) is 5.92 Å². The van der Waals surface area contributed by atoms with Gasteiger partial charge >= 0.3 is 0 Å². The second-order valence-electron chi connectivity index (χ2n) is 5.70. The summed E-state index contributed by atoms with van der Waals surface area (Å²) in [6, 6.07) is 8.15. The molecule has 1 aromatic heterocycles. The van der Waals surface area contributed by atoms with Crippen molar-refractivity contribution in [3.05, 3.63) is 45.7 Å². The number of hydrogen-bond acceptors (Lipinski definition) is 3. The monoisotopic (exact) mass is 345 g/mol. The van der Waals surface area contributed by atoms with Gasteiger partial charge in [-0.15, -0.1) is 0 Å². The van der Waals surface area contributed by atoms with Gasteiger partial charge in [0.15, 0.2) is 5.82 Å². The summed E-state index contributed by atoms with van der Waals surface area (Å²) in [6.07, 6.45) is 3.36. The fraction of sp³-hybridized carbons (Fsp3) is 0.412. The number of hydrogen-bond donors (Lipinski definition) is 1. The minimum atomic E-state index is 0.708. The molecule has 0 bridgehead atoms. The summed E-state index contributed by atoms with van der Waals surface area (Å²) in [7, 11) is 2.02. The lowest BCUT2D eigenvalue weighted by atomic mass is 9.85. The molecule has 0 amide bonds. The van der Waals surface area contributed by atoms with Crippen molar-refractivity contribution in [3.8, 4) is 11.4 Å². The maximum Gasteiger partial charge on any atom is 0.160 e. The Balaban J connectivity index is 1.98. The molecule has 0 radical (unpaired) electrons. The van der Waals surface area contributed by atoms with E-state index in [0.717, 1.165) is 40.9 Å². The molecule has 3 rings (SSSR count). The first-order valence-electron chi connectivity index (χ1n) is 7.45. The van der Waals surface area contributed by atoms with E-state index < -0.39 is 0 Å². The van der Waals surface area contributed by atoms with Crippen LogP contribution in [0.5, 0.6) is 0 Å². The molecular weight excluding hydrogens is 326 g/mol. The molecule has 3 nitrogen and oxygen atoms in total. The van der Waals surface area contributed by atoms with Crippen LogP contribution in [0.3, 0.4) is 0 Å². The summed E-state index contributed by atoms with van der Waals surface area (Å²) in [6.45, 7) is 3.19. The van der Waals surface area contributed by atoms with Crippen LogP contribution < -0.4 is 5.32 Å². The van der Waals surface area contributed by atoms with Crippen molar-refractivity contribution in [2.75, 3.05) is 13.6 Å². The standard InChI is InChI=1S/C17H20BrN3/c1-11-14-9-12(10-19-2)7-8-16(14)21-17(20-11)13-5-3-4-6-15(13)18/h3-6,12,19H,7-10H2,1-2H3. The van der Waals surface area contributed by atoms with E-state index in [1.807, 2.05) is 25.2 Å². The van der Waals surface area contributed by atoms with Gasteiger partial charge in [0, 0.05) is 21.4 Å². The lowest BCUT2D eigenvalue weighted by Gasteiger charge is -2.25. The molecule has 4 heteroatoms. The fourth-order valence-corrected chi connectivity index (χ4v) is 3.55. The predicted octanol–water partition coefficient (Wildman–Crippen LogP) is 3.54. The van der Waals surface area contributed by atoms with Gasteiger partial charge in [-0.1, -0.05) is 34.1 Å². The third kappa shape index (κ3) is 3.01. The van der Waals surface area contributed by atoms with E-state index in [2.05, 4.69) is 34.2 Å². The summed E-state index contributed by atoms with van der Waals surface area (Å²) in [5.41, 5.74) is 4.80. The van der Waals surface area contributed by atoms with Crippen molar-refractivity contribution in [1.29, 1.82) is 0 Å². The van der Waals surface area contributed by atoms with Crippen molar-refractivity contribution in [2.45, 2.75) is 26.2 Å². The second-order valence-corrected chi connectivity index (χ2v) is 6.56. The first kappa shape index (κ1) is 14.7. The molecule has 1 atom stereocenters. The highest BCUT2D eigenvalue weighted by Crippen LogP contribution is 2.30. The Labute approximate surface area is 134 Å². The van der Waals surface area contributed by atoms with E-state index in [1.165, 1.54) is 17.7 Å².